The van der Waals surface area contributed by atoms with Crippen LogP contribution >= 0.6 is 0 Å². The fourth-order valence-electron chi connectivity index (χ4n) is 8.62. The van der Waals surface area contributed by atoms with Gasteiger partial charge in [-0.1, -0.05) is 171 Å². The normalized spacial score (nSPS) is 25.6. The standard InChI is InChI=1S/C58H102O14/c1-3-5-7-9-11-13-15-17-19-21-22-23-24-25-26-28-30-32-34-36-38-40-42-67-44-47(70-50(60)41-39-37-35-33-31-29-27-20-18-16-14-12-10-8-6-4-2)45-68-57-56(66)54(64)52(62)49(72-57)46-69-58-55(65)53(63)51(61)48(43-59)71-58/h14-17,20-22,24-25,27,47-49,51-59,61-66H,3-13,18-19,23,26,28-46H2,1-2H3/b16-14-,17-15-,22-21-,25-24-,27-20-. The minimum absolute atomic E-state index is 0.0469. The minimum atomic E-state index is -1.71. The van der Waals surface area contributed by atoms with E-state index >= 15 is 0 Å². The molecule has 418 valence electrons. The van der Waals surface area contributed by atoms with E-state index < -0.39 is 86.7 Å². The molecule has 0 aliphatic carbocycles. The summed E-state index contributed by atoms with van der Waals surface area (Å²) in [7, 11) is 0. The largest absolute Gasteiger partial charge is 0.457 e. The summed E-state index contributed by atoms with van der Waals surface area (Å²) in [6.45, 7) is 3.62. The molecule has 0 spiro atoms. The summed E-state index contributed by atoms with van der Waals surface area (Å²) in [6, 6.07) is 0. The Balaban J connectivity index is 1.74. The number of carbonyl (C=O) groups excluding carboxylic acids is 1. The lowest BCUT2D eigenvalue weighted by Gasteiger charge is -2.42. The van der Waals surface area contributed by atoms with Crippen LogP contribution in [-0.4, -0.2) is 142 Å². The molecule has 0 aromatic heterocycles. The molecular formula is C58H102O14. The Kier molecular flexibility index (Phi) is 41.1. The van der Waals surface area contributed by atoms with E-state index in [-0.39, 0.29) is 19.6 Å². The number of carbonyl (C=O) groups is 1. The maximum absolute atomic E-state index is 13.0. The van der Waals surface area contributed by atoms with Crippen LogP contribution in [0.1, 0.15) is 200 Å². The molecule has 2 aliphatic rings. The molecule has 2 saturated heterocycles. The van der Waals surface area contributed by atoms with Crippen molar-refractivity contribution in [3.63, 3.8) is 0 Å². The lowest BCUT2D eigenvalue weighted by molar-refractivity contribution is -0.332. The molecule has 2 fully saturated rings. The first kappa shape index (κ1) is 65.8. The number of esters is 1. The van der Waals surface area contributed by atoms with E-state index in [0.717, 1.165) is 83.5 Å². The van der Waals surface area contributed by atoms with Crippen molar-refractivity contribution in [1.82, 2.24) is 0 Å². The van der Waals surface area contributed by atoms with Crippen LogP contribution in [-0.2, 0) is 33.2 Å². The summed E-state index contributed by atoms with van der Waals surface area (Å²) in [4.78, 5) is 13.0. The second-order valence-corrected chi connectivity index (χ2v) is 19.8. The van der Waals surface area contributed by atoms with Crippen molar-refractivity contribution in [2.75, 3.05) is 33.0 Å². The Bertz CT molecular complexity index is 1420. The topological polar surface area (TPSA) is 214 Å². The van der Waals surface area contributed by atoms with Crippen LogP contribution < -0.4 is 0 Å². The number of aliphatic hydroxyl groups excluding tert-OH is 7. The van der Waals surface area contributed by atoms with Crippen molar-refractivity contribution >= 4 is 5.97 Å². The van der Waals surface area contributed by atoms with Crippen LogP contribution in [0.25, 0.3) is 0 Å². The van der Waals surface area contributed by atoms with Crippen LogP contribution in [0.3, 0.4) is 0 Å². The molecule has 7 N–H and O–H groups in total. The average molecular weight is 1020 g/mol. The van der Waals surface area contributed by atoms with Gasteiger partial charge in [-0.05, 0) is 83.5 Å². The van der Waals surface area contributed by atoms with E-state index in [0.29, 0.717) is 13.0 Å². The molecule has 2 rings (SSSR count). The molecular weight excluding hydrogens is 921 g/mol. The number of aliphatic hydroxyl groups is 7. The van der Waals surface area contributed by atoms with Crippen molar-refractivity contribution in [3.05, 3.63) is 60.8 Å². The van der Waals surface area contributed by atoms with Crippen LogP contribution in [0.5, 0.6) is 0 Å². The second kappa shape index (κ2) is 44.9. The zero-order valence-corrected chi connectivity index (χ0v) is 44.7. The smallest absolute Gasteiger partial charge is 0.306 e. The molecule has 0 bridgehead atoms. The van der Waals surface area contributed by atoms with Crippen molar-refractivity contribution in [2.45, 2.75) is 268 Å². The van der Waals surface area contributed by atoms with Gasteiger partial charge in [0.05, 0.1) is 26.4 Å². The lowest BCUT2D eigenvalue weighted by atomic mass is 9.98. The zero-order valence-electron chi connectivity index (χ0n) is 44.7. The van der Waals surface area contributed by atoms with Gasteiger partial charge in [-0.2, -0.15) is 0 Å². The van der Waals surface area contributed by atoms with Gasteiger partial charge in [-0.25, -0.2) is 0 Å². The van der Waals surface area contributed by atoms with Crippen LogP contribution in [0.15, 0.2) is 60.8 Å². The van der Waals surface area contributed by atoms with E-state index in [4.69, 9.17) is 28.4 Å². The predicted molar refractivity (Wildman–Crippen MR) is 284 cm³/mol. The highest BCUT2D eigenvalue weighted by Gasteiger charge is 2.47. The third-order valence-electron chi connectivity index (χ3n) is 13.2. The highest BCUT2D eigenvalue weighted by atomic mass is 16.7. The Morgan fingerprint density at radius 2 is 0.861 bits per heavy atom. The number of hydrogen-bond acceptors (Lipinski definition) is 14. The summed E-state index contributed by atoms with van der Waals surface area (Å²) in [5.74, 6) is -0.394. The van der Waals surface area contributed by atoms with Crippen molar-refractivity contribution in [3.8, 4) is 0 Å². The van der Waals surface area contributed by atoms with Gasteiger partial charge in [0.25, 0.3) is 0 Å². The zero-order chi connectivity index (χ0) is 52.3. The predicted octanol–water partition coefficient (Wildman–Crippen LogP) is 9.69. The van der Waals surface area contributed by atoms with Gasteiger partial charge in [-0.3, -0.25) is 4.79 Å². The first-order valence-electron chi connectivity index (χ1n) is 28.4. The van der Waals surface area contributed by atoms with Crippen LogP contribution in [0.4, 0.5) is 0 Å². The van der Waals surface area contributed by atoms with Crippen LogP contribution in [0.2, 0.25) is 0 Å². The molecule has 0 saturated carbocycles. The number of allylic oxidation sites excluding steroid dienone is 10. The summed E-state index contributed by atoms with van der Waals surface area (Å²) in [6.07, 6.45) is 38.5. The monoisotopic (exact) mass is 1020 g/mol. The Hall–Kier alpha value is -2.31. The Morgan fingerprint density at radius 1 is 0.458 bits per heavy atom. The van der Waals surface area contributed by atoms with Crippen molar-refractivity contribution < 1.29 is 69.0 Å². The molecule has 72 heavy (non-hydrogen) atoms. The van der Waals surface area contributed by atoms with Crippen molar-refractivity contribution in [2.24, 2.45) is 0 Å². The van der Waals surface area contributed by atoms with Gasteiger partial charge in [0, 0.05) is 13.0 Å². The Morgan fingerprint density at radius 3 is 1.36 bits per heavy atom. The molecule has 14 heteroatoms. The maximum Gasteiger partial charge on any atom is 0.306 e. The highest BCUT2D eigenvalue weighted by molar-refractivity contribution is 5.69. The summed E-state index contributed by atoms with van der Waals surface area (Å²) >= 11 is 0. The average Bonchev–Trinajstić information content (AvgIpc) is 3.38. The van der Waals surface area contributed by atoms with Gasteiger partial charge < -0.3 is 64.2 Å². The molecule has 2 heterocycles. The maximum atomic E-state index is 13.0. The summed E-state index contributed by atoms with van der Waals surface area (Å²) in [5.41, 5.74) is 0. The first-order valence-corrected chi connectivity index (χ1v) is 28.4. The third-order valence-corrected chi connectivity index (χ3v) is 13.2. The summed E-state index contributed by atoms with van der Waals surface area (Å²) < 4.78 is 34.3. The molecule has 14 nitrogen and oxygen atoms in total. The van der Waals surface area contributed by atoms with E-state index in [1.807, 2.05) is 0 Å². The minimum Gasteiger partial charge on any atom is -0.457 e. The number of ether oxygens (including phenoxy) is 6. The summed E-state index contributed by atoms with van der Waals surface area (Å²) in [5, 5.41) is 72.3. The number of rotatable bonds is 45. The first-order chi connectivity index (χ1) is 35.1. The molecule has 11 unspecified atom stereocenters. The molecule has 11 atom stereocenters. The Labute approximate surface area is 434 Å². The van der Waals surface area contributed by atoms with Gasteiger partial charge in [-0.15, -0.1) is 0 Å². The highest BCUT2D eigenvalue weighted by Crippen LogP contribution is 2.26. The molecule has 0 aromatic carbocycles. The fourth-order valence-corrected chi connectivity index (χ4v) is 8.62. The van der Waals surface area contributed by atoms with Gasteiger partial charge in [0.2, 0.25) is 0 Å². The van der Waals surface area contributed by atoms with Crippen molar-refractivity contribution in [1.29, 1.82) is 0 Å². The molecule has 0 amide bonds. The molecule has 2 aliphatic heterocycles. The SMILES string of the molecule is CCCCCC/C=C\C/C=C\CCCCCCCC(=O)OC(COCCCCCCCCC/C=C\C/C=C\C/C=C\CCCCCCC)COC1OC(COC2OC(CO)C(O)C(O)C2O)C(O)C(O)C1O. The quantitative estimate of drug-likeness (QED) is 0.0172. The lowest BCUT2D eigenvalue weighted by Crippen LogP contribution is -2.61. The number of hydrogen-bond donors (Lipinski definition) is 7. The van der Waals surface area contributed by atoms with Gasteiger partial charge >= 0.3 is 5.97 Å². The van der Waals surface area contributed by atoms with Gasteiger partial charge in [0.15, 0.2) is 12.6 Å². The molecule has 0 radical (unpaired) electrons. The van der Waals surface area contributed by atoms with E-state index in [1.54, 1.807) is 0 Å². The molecule has 0 aromatic rings. The second-order valence-electron chi connectivity index (χ2n) is 19.8. The van der Waals surface area contributed by atoms with E-state index in [2.05, 4.69) is 74.6 Å². The van der Waals surface area contributed by atoms with Crippen LogP contribution in [0, 0.1) is 0 Å². The number of unbranched alkanes of at least 4 members (excludes halogenated alkanes) is 21. The fraction of sp³-hybridized carbons (Fsp3) is 0.810. The van der Waals surface area contributed by atoms with E-state index in [9.17, 15) is 40.5 Å². The third kappa shape index (κ3) is 31.5. The van der Waals surface area contributed by atoms with E-state index in [1.165, 1.54) is 89.9 Å². The van der Waals surface area contributed by atoms with Gasteiger partial charge in [0.1, 0.15) is 54.9 Å².